The number of nitrogen functional groups attached to an aromatic ring is 1. The molecule has 0 spiro atoms. The van der Waals surface area contributed by atoms with Crippen LogP contribution in [0.25, 0.3) is 27.9 Å². The maximum absolute atomic E-state index is 15.4. The van der Waals surface area contributed by atoms with Gasteiger partial charge in [0.1, 0.15) is 5.82 Å². The largest absolute Gasteiger partial charge is 0.386 e. The molecule has 0 amide bonds. The molecule has 3 aromatic heterocycles. The van der Waals surface area contributed by atoms with Crippen LogP contribution in [0.4, 0.5) is 10.3 Å². The average molecular weight is 414 g/mol. The predicted octanol–water partition coefficient (Wildman–Crippen LogP) is 3.71. The summed E-state index contributed by atoms with van der Waals surface area (Å²) in [5, 5.41) is 18.8. The molecule has 0 saturated carbocycles. The Morgan fingerprint density at radius 1 is 1.00 bits per heavy atom. The quantitative estimate of drug-likeness (QED) is 0.457. The van der Waals surface area contributed by atoms with Gasteiger partial charge in [0.25, 0.3) is 0 Å². The molecule has 0 aliphatic rings. The number of aliphatic hydroxyl groups is 1. The summed E-state index contributed by atoms with van der Waals surface area (Å²) in [5.74, 6) is -0.195. The van der Waals surface area contributed by atoms with E-state index in [-0.39, 0.29) is 18.3 Å². The molecule has 3 heterocycles. The minimum atomic E-state index is -0.701. The molecule has 0 unspecified atom stereocenters. The van der Waals surface area contributed by atoms with Crippen molar-refractivity contribution in [2.75, 3.05) is 5.73 Å². The van der Waals surface area contributed by atoms with Gasteiger partial charge in [-0.05, 0) is 23.3 Å². The molecule has 7 nitrogen and oxygen atoms in total. The third kappa shape index (κ3) is 3.64. The highest BCUT2D eigenvalue weighted by Crippen LogP contribution is 2.31. The number of pyridine rings is 1. The number of aliphatic hydroxyl groups excluding tert-OH is 1. The summed E-state index contributed by atoms with van der Waals surface area (Å²) >= 11 is 0. The number of halogens is 1. The lowest BCUT2D eigenvalue weighted by Crippen LogP contribution is -2.08. The van der Waals surface area contributed by atoms with Crippen LogP contribution in [0.1, 0.15) is 11.7 Å². The first kappa shape index (κ1) is 19.0. The number of hydrogen-bond acceptors (Lipinski definition) is 5. The van der Waals surface area contributed by atoms with Gasteiger partial charge in [-0.15, -0.1) is 5.10 Å². The van der Waals surface area contributed by atoms with Crippen molar-refractivity contribution in [3.8, 4) is 22.3 Å². The normalized spacial score (nSPS) is 12.3. The molecule has 0 saturated heterocycles. The number of nitrogens with two attached hydrogens (primary N) is 1. The second-order valence-corrected chi connectivity index (χ2v) is 7.23. The lowest BCUT2D eigenvalue weighted by atomic mass is 10.0. The van der Waals surface area contributed by atoms with Crippen molar-refractivity contribution >= 4 is 11.6 Å². The average Bonchev–Trinajstić information content (AvgIpc) is 3.39. The zero-order valence-corrected chi connectivity index (χ0v) is 16.4. The lowest BCUT2D eigenvalue weighted by molar-refractivity contribution is 0.151. The molecule has 0 radical (unpaired) electrons. The van der Waals surface area contributed by atoms with Crippen LogP contribution in [0.15, 0.2) is 79.3 Å². The predicted molar refractivity (Wildman–Crippen MR) is 115 cm³/mol. The Kier molecular flexibility index (Phi) is 4.68. The Hall–Kier alpha value is -4.04. The van der Waals surface area contributed by atoms with E-state index in [1.54, 1.807) is 58.1 Å². The maximum atomic E-state index is 15.4. The standard InChI is InChI=1S/C23H19FN6O/c24-22-18(16-9-10-30-21(11-16)27-23(25)28-30)7-4-8-19(22)17-12-26-29(13-17)14-20(31)15-5-2-1-3-6-15/h1-13,20,31H,14H2,(H2,25,28)/t20-/m0/s1. The topological polar surface area (TPSA) is 94.3 Å². The SMILES string of the molecule is Nc1nc2cc(-c3cccc(-c4cnn(C[C@H](O)c5ccccc5)c4)c3F)ccn2n1. The van der Waals surface area contributed by atoms with Crippen molar-refractivity contribution in [3.63, 3.8) is 0 Å². The zero-order chi connectivity index (χ0) is 21.4. The molecule has 3 N–H and O–H groups in total. The highest BCUT2D eigenvalue weighted by molar-refractivity contribution is 5.75. The molecular formula is C23H19FN6O. The molecule has 1 atom stereocenters. The minimum Gasteiger partial charge on any atom is -0.386 e. The van der Waals surface area contributed by atoms with Crippen LogP contribution in [-0.2, 0) is 6.54 Å². The van der Waals surface area contributed by atoms with E-state index in [4.69, 9.17) is 5.73 Å². The van der Waals surface area contributed by atoms with Gasteiger partial charge in [-0.3, -0.25) is 4.68 Å². The molecule has 154 valence electrons. The van der Waals surface area contributed by atoms with Crippen LogP contribution in [0.3, 0.4) is 0 Å². The molecule has 0 bridgehead atoms. The summed E-state index contributed by atoms with van der Waals surface area (Å²) in [6.07, 6.45) is 4.33. The van der Waals surface area contributed by atoms with E-state index in [0.29, 0.717) is 27.9 Å². The van der Waals surface area contributed by atoms with Crippen molar-refractivity contribution in [3.05, 3.63) is 90.6 Å². The van der Waals surface area contributed by atoms with Crippen LogP contribution in [-0.4, -0.2) is 29.5 Å². The number of benzene rings is 2. The van der Waals surface area contributed by atoms with Crippen LogP contribution in [0, 0.1) is 5.82 Å². The van der Waals surface area contributed by atoms with E-state index in [0.717, 1.165) is 5.56 Å². The summed E-state index contributed by atoms with van der Waals surface area (Å²) in [7, 11) is 0. The van der Waals surface area contributed by atoms with Crippen molar-refractivity contribution in [1.82, 2.24) is 24.4 Å². The fraction of sp³-hybridized carbons (Fsp3) is 0.0870. The monoisotopic (exact) mass is 414 g/mol. The molecular weight excluding hydrogens is 395 g/mol. The van der Waals surface area contributed by atoms with Crippen LogP contribution < -0.4 is 5.73 Å². The molecule has 5 rings (SSSR count). The van der Waals surface area contributed by atoms with Gasteiger partial charge < -0.3 is 10.8 Å². The molecule has 8 heteroatoms. The van der Waals surface area contributed by atoms with Gasteiger partial charge in [-0.25, -0.2) is 8.91 Å². The number of nitrogens with zero attached hydrogens (tertiary/aromatic N) is 5. The molecule has 5 aromatic rings. The molecule has 2 aromatic carbocycles. The van der Waals surface area contributed by atoms with Crippen molar-refractivity contribution in [2.24, 2.45) is 0 Å². The van der Waals surface area contributed by atoms with Crippen LogP contribution in [0.5, 0.6) is 0 Å². The maximum Gasteiger partial charge on any atom is 0.240 e. The van der Waals surface area contributed by atoms with Crippen molar-refractivity contribution in [2.45, 2.75) is 12.6 Å². The summed E-state index contributed by atoms with van der Waals surface area (Å²) in [6.45, 7) is 0.274. The fourth-order valence-electron chi connectivity index (χ4n) is 3.60. The first-order chi connectivity index (χ1) is 15.1. The van der Waals surface area contributed by atoms with E-state index < -0.39 is 6.10 Å². The second kappa shape index (κ2) is 7.66. The molecule has 0 fully saturated rings. The van der Waals surface area contributed by atoms with E-state index in [2.05, 4.69) is 15.2 Å². The first-order valence-corrected chi connectivity index (χ1v) is 9.75. The Morgan fingerprint density at radius 2 is 1.77 bits per heavy atom. The Labute approximate surface area is 177 Å². The van der Waals surface area contributed by atoms with Gasteiger partial charge >= 0.3 is 0 Å². The third-order valence-corrected chi connectivity index (χ3v) is 5.15. The van der Waals surface area contributed by atoms with Gasteiger partial charge in [0, 0.05) is 29.1 Å². The van der Waals surface area contributed by atoms with E-state index in [1.165, 1.54) is 0 Å². The highest BCUT2D eigenvalue weighted by atomic mass is 19.1. The first-order valence-electron chi connectivity index (χ1n) is 9.75. The number of hydrogen-bond donors (Lipinski definition) is 2. The van der Waals surface area contributed by atoms with Gasteiger partial charge in [0.05, 0.1) is 18.8 Å². The smallest absolute Gasteiger partial charge is 0.240 e. The number of rotatable bonds is 5. The van der Waals surface area contributed by atoms with Crippen molar-refractivity contribution in [1.29, 1.82) is 0 Å². The number of aromatic nitrogens is 5. The summed E-state index contributed by atoms with van der Waals surface area (Å²) in [5.41, 5.74) is 9.16. The van der Waals surface area contributed by atoms with Gasteiger partial charge in [0.15, 0.2) is 5.65 Å². The molecule has 31 heavy (non-hydrogen) atoms. The fourth-order valence-corrected chi connectivity index (χ4v) is 3.60. The Morgan fingerprint density at radius 3 is 2.58 bits per heavy atom. The van der Waals surface area contributed by atoms with Crippen LogP contribution in [0.2, 0.25) is 0 Å². The molecule has 0 aliphatic carbocycles. The van der Waals surface area contributed by atoms with E-state index >= 15 is 4.39 Å². The van der Waals surface area contributed by atoms with E-state index in [9.17, 15) is 5.11 Å². The van der Waals surface area contributed by atoms with E-state index in [1.807, 2.05) is 30.3 Å². The Bertz CT molecular complexity index is 1360. The molecule has 0 aliphatic heterocycles. The summed E-state index contributed by atoms with van der Waals surface area (Å²) < 4.78 is 18.6. The van der Waals surface area contributed by atoms with Gasteiger partial charge in [-0.1, -0.05) is 48.5 Å². The highest BCUT2D eigenvalue weighted by Gasteiger charge is 2.15. The number of fused-ring (bicyclic) bond motifs is 1. The Balaban J connectivity index is 1.45. The third-order valence-electron chi connectivity index (χ3n) is 5.15. The van der Waals surface area contributed by atoms with Gasteiger partial charge in [-0.2, -0.15) is 10.1 Å². The second-order valence-electron chi connectivity index (χ2n) is 7.23. The minimum absolute atomic E-state index is 0.163. The summed E-state index contributed by atoms with van der Waals surface area (Å²) in [4.78, 5) is 4.14. The van der Waals surface area contributed by atoms with Gasteiger partial charge in [0.2, 0.25) is 5.95 Å². The van der Waals surface area contributed by atoms with Crippen molar-refractivity contribution < 1.29 is 9.50 Å². The number of anilines is 1. The summed E-state index contributed by atoms with van der Waals surface area (Å²) in [6, 6.07) is 18.1. The lowest BCUT2D eigenvalue weighted by Gasteiger charge is -2.11. The zero-order valence-electron chi connectivity index (χ0n) is 16.4. The van der Waals surface area contributed by atoms with Crippen LogP contribution >= 0.6 is 0 Å².